The van der Waals surface area contributed by atoms with Gasteiger partial charge in [-0.2, -0.15) is 4.31 Å². The lowest BCUT2D eigenvalue weighted by Crippen LogP contribution is -2.33. The van der Waals surface area contributed by atoms with Gasteiger partial charge in [0.25, 0.3) is 0 Å². The summed E-state index contributed by atoms with van der Waals surface area (Å²) in [5.41, 5.74) is 6.36. The highest BCUT2D eigenvalue weighted by Gasteiger charge is 2.53. The summed E-state index contributed by atoms with van der Waals surface area (Å²) in [7, 11) is -3.55. The first-order valence-corrected chi connectivity index (χ1v) is 11.9. The molecule has 2 aliphatic rings. The number of hydrogen-bond donors (Lipinski definition) is 0. The van der Waals surface area contributed by atoms with E-state index in [4.69, 9.17) is 0 Å². The molecule has 3 rings (SSSR count). The van der Waals surface area contributed by atoms with Crippen LogP contribution in [0.1, 0.15) is 46.0 Å². The van der Waals surface area contributed by atoms with Crippen LogP contribution in [-0.2, 0) is 10.0 Å². The van der Waals surface area contributed by atoms with Gasteiger partial charge >= 0.3 is 0 Å². The van der Waals surface area contributed by atoms with Crippen molar-refractivity contribution in [3.05, 3.63) is 58.3 Å². The third kappa shape index (κ3) is 4.48. The maximum Gasteiger partial charge on any atom is 0.243 e. The number of nitrogens with zero attached hydrogens (tertiary/aromatic N) is 1. The van der Waals surface area contributed by atoms with E-state index in [2.05, 4.69) is 42.1 Å². The van der Waals surface area contributed by atoms with Gasteiger partial charge in [-0.15, -0.1) is 12.3 Å². The molecule has 0 N–H and O–H groups in total. The molecule has 0 saturated heterocycles. The van der Waals surface area contributed by atoms with Crippen LogP contribution in [0.3, 0.4) is 0 Å². The molecule has 1 atom stereocenters. The van der Waals surface area contributed by atoms with Crippen LogP contribution in [0, 0.1) is 11.3 Å². The third-order valence-corrected chi connectivity index (χ3v) is 8.14. The molecular weight excluding hydrogens is 422 g/mol. The van der Waals surface area contributed by atoms with Crippen molar-refractivity contribution >= 4 is 26.0 Å². The van der Waals surface area contributed by atoms with Gasteiger partial charge in [0, 0.05) is 28.9 Å². The number of rotatable bonds is 6. The molecule has 2 saturated carbocycles. The molecule has 3 nitrogen and oxygen atoms in total. The quantitative estimate of drug-likeness (QED) is 0.412. The van der Waals surface area contributed by atoms with E-state index >= 15 is 0 Å². The van der Waals surface area contributed by atoms with Crippen LogP contribution >= 0.6 is 15.9 Å². The van der Waals surface area contributed by atoms with Gasteiger partial charge in [-0.25, -0.2) is 8.42 Å². The Morgan fingerprint density at radius 2 is 1.85 bits per heavy atom. The summed E-state index contributed by atoms with van der Waals surface area (Å²) < 4.78 is 28.7. The van der Waals surface area contributed by atoms with E-state index in [9.17, 15) is 8.42 Å². The molecule has 1 aromatic rings. The second-order valence-electron chi connectivity index (χ2n) is 8.04. The summed E-state index contributed by atoms with van der Waals surface area (Å²) in [6.45, 7) is 8.94. The molecule has 0 heterocycles. The second-order valence-corrected chi connectivity index (χ2v) is 10.9. The van der Waals surface area contributed by atoms with E-state index in [1.807, 2.05) is 0 Å². The van der Waals surface area contributed by atoms with Crippen LogP contribution in [0.2, 0.25) is 0 Å². The van der Waals surface area contributed by atoms with Gasteiger partial charge in [0.2, 0.25) is 10.0 Å². The van der Waals surface area contributed by atoms with Gasteiger partial charge in [-0.05, 0) is 61.1 Å². The summed E-state index contributed by atoms with van der Waals surface area (Å²) in [4.78, 5) is 0.321. The molecule has 0 aromatic heterocycles. The molecular formula is C22H28BrNO2S. The largest absolute Gasteiger partial charge is 0.243 e. The molecule has 5 heteroatoms. The van der Waals surface area contributed by atoms with Gasteiger partial charge in [-0.1, -0.05) is 42.3 Å². The van der Waals surface area contributed by atoms with Gasteiger partial charge in [0.15, 0.2) is 0 Å². The van der Waals surface area contributed by atoms with Crippen molar-refractivity contribution in [2.24, 2.45) is 11.3 Å². The smallest absolute Gasteiger partial charge is 0.207 e. The van der Waals surface area contributed by atoms with E-state index in [1.165, 1.54) is 30.4 Å². The summed E-state index contributed by atoms with van der Waals surface area (Å²) in [6, 6.07) is 6.82. The first kappa shape index (κ1) is 20.6. The fourth-order valence-corrected chi connectivity index (χ4v) is 5.56. The van der Waals surface area contributed by atoms with Crippen molar-refractivity contribution in [1.29, 1.82) is 0 Å². The van der Waals surface area contributed by atoms with E-state index in [0.29, 0.717) is 18.0 Å². The van der Waals surface area contributed by atoms with Crippen LogP contribution in [-0.4, -0.2) is 25.8 Å². The zero-order valence-electron chi connectivity index (χ0n) is 16.2. The average molecular weight is 450 g/mol. The molecule has 146 valence electrons. The Labute approximate surface area is 172 Å². The Bertz CT molecular complexity index is 869. The molecule has 1 aromatic carbocycles. The molecule has 0 bridgehead atoms. The Morgan fingerprint density at radius 1 is 1.22 bits per heavy atom. The summed E-state index contributed by atoms with van der Waals surface area (Å²) >= 11 is 3.36. The van der Waals surface area contributed by atoms with E-state index in [0.717, 1.165) is 17.3 Å². The SMILES string of the molecule is C=CCN(CC1C(=C=C2CCCCC2)C1(C)C)S(=O)(=O)c1ccc(Br)cc1. The van der Waals surface area contributed by atoms with Crippen LogP contribution < -0.4 is 0 Å². The molecule has 2 aliphatic carbocycles. The van der Waals surface area contributed by atoms with Crippen LogP contribution in [0.5, 0.6) is 0 Å². The van der Waals surface area contributed by atoms with Gasteiger partial charge in [0.1, 0.15) is 0 Å². The first-order chi connectivity index (χ1) is 12.8. The lowest BCUT2D eigenvalue weighted by molar-refractivity contribution is 0.397. The van der Waals surface area contributed by atoms with Crippen molar-refractivity contribution < 1.29 is 8.42 Å². The van der Waals surface area contributed by atoms with E-state index in [1.54, 1.807) is 34.6 Å². The highest BCUT2D eigenvalue weighted by atomic mass is 79.9. The molecule has 0 spiro atoms. The average Bonchev–Trinajstić information content (AvgIpc) is 3.14. The van der Waals surface area contributed by atoms with Crippen molar-refractivity contribution in [3.63, 3.8) is 0 Å². The minimum Gasteiger partial charge on any atom is -0.207 e. The molecule has 27 heavy (non-hydrogen) atoms. The predicted octanol–water partition coefficient (Wildman–Crippen LogP) is 5.70. The van der Waals surface area contributed by atoms with Crippen molar-refractivity contribution in [2.75, 3.05) is 13.1 Å². The molecule has 0 aliphatic heterocycles. The number of benzene rings is 1. The number of hydrogen-bond acceptors (Lipinski definition) is 2. The summed E-state index contributed by atoms with van der Waals surface area (Å²) in [5.74, 6) is 0.220. The Balaban J connectivity index is 1.85. The van der Waals surface area contributed by atoms with Crippen LogP contribution in [0.4, 0.5) is 0 Å². The highest BCUT2D eigenvalue weighted by Crippen LogP contribution is 2.58. The van der Waals surface area contributed by atoms with E-state index < -0.39 is 10.0 Å². The lowest BCUT2D eigenvalue weighted by Gasteiger charge is -2.21. The number of halogens is 1. The Hall–Kier alpha value is -1.13. The van der Waals surface area contributed by atoms with Crippen molar-refractivity contribution in [3.8, 4) is 0 Å². The monoisotopic (exact) mass is 449 g/mol. The van der Waals surface area contributed by atoms with Crippen molar-refractivity contribution in [1.82, 2.24) is 4.31 Å². The van der Waals surface area contributed by atoms with Crippen molar-refractivity contribution in [2.45, 2.75) is 50.8 Å². The molecule has 0 amide bonds. The lowest BCUT2D eigenvalue weighted by atomic mass is 9.95. The van der Waals surface area contributed by atoms with Gasteiger partial charge < -0.3 is 0 Å². The fraction of sp³-hybridized carbons (Fsp3) is 0.500. The minimum atomic E-state index is -3.55. The molecule has 1 unspecified atom stereocenters. The van der Waals surface area contributed by atoms with Gasteiger partial charge in [-0.3, -0.25) is 0 Å². The molecule has 0 radical (unpaired) electrons. The zero-order chi connectivity index (χ0) is 19.7. The van der Waals surface area contributed by atoms with Gasteiger partial charge in [0.05, 0.1) is 4.90 Å². The Morgan fingerprint density at radius 3 is 2.44 bits per heavy atom. The van der Waals surface area contributed by atoms with Crippen LogP contribution in [0.15, 0.2) is 63.2 Å². The summed E-state index contributed by atoms with van der Waals surface area (Å²) in [6.07, 6.45) is 7.75. The topological polar surface area (TPSA) is 37.4 Å². The standard InChI is InChI=1S/C22H28BrNO2S/c1-4-14-24(27(25,26)19-12-10-18(23)11-13-19)16-21-20(22(21,2)3)15-17-8-6-5-7-9-17/h4,10-13,21H,1,5-9,14,16H2,2-3H3. The Kier molecular flexibility index (Phi) is 6.17. The fourth-order valence-electron chi connectivity index (χ4n) is 3.87. The number of sulfonamides is 1. The zero-order valence-corrected chi connectivity index (χ0v) is 18.6. The maximum absolute atomic E-state index is 13.1. The molecule has 2 fully saturated rings. The maximum atomic E-state index is 13.1. The second kappa shape index (κ2) is 8.08. The highest BCUT2D eigenvalue weighted by molar-refractivity contribution is 9.10. The third-order valence-electron chi connectivity index (χ3n) is 5.77. The van der Waals surface area contributed by atoms with Crippen LogP contribution in [0.25, 0.3) is 0 Å². The minimum absolute atomic E-state index is 0.0130. The normalized spacial score (nSPS) is 21.9. The van der Waals surface area contributed by atoms with E-state index in [-0.39, 0.29) is 11.3 Å². The predicted molar refractivity (Wildman–Crippen MR) is 114 cm³/mol. The first-order valence-electron chi connectivity index (χ1n) is 9.62. The summed E-state index contributed by atoms with van der Waals surface area (Å²) in [5, 5.41) is 0.